The molecule has 0 unspecified atom stereocenters. The number of fused-ring (bicyclic) bond motifs is 1. The monoisotopic (exact) mass is 395 g/mol. The summed E-state index contributed by atoms with van der Waals surface area (Å²) in [5, 5.41) is 7.74. The van der Waals surface area contributed by atoms with Crippen molar-refractivity contribution in [3.63, 3.8) is 0 Å². The third kappa shape index (κ3) is 4.09. The molecule has 3 heterocycles. The molecule has 3 aromatic rings. The van der Waals surface area contributed by atoms with E-state index in [0.29, 0.717) is 0 Å². The lowest BCUT2D eigenvalue weighted by Crippen LogP contribution is -2.41. The van der Waals surface area contributed by atoms with Crippen LogP contribution in [0.5, 0.6) is 0 Å². The van der Waals surface area contributed by atoms with Gasteiger partial charge in [0.1, 0.15) is 11.6 Å². The first-order valence-corrected chi connectivity index (χ1v) is 10.2. The summed E-state index contributed by atoms with van der Waals surface area (Å²) >= 11 is 0. The molecule has 4 rings (SSSR count). The van der Waals surface area contributed by atoms with Gasteiger partial charge in [0.2, 0.25) is 5.91 Å². The molecule has 6 nitrogen and oxygen atoms in total. The average molecular weight is 395 g/mol. The van der Waals surface area contributed by atoms with Crippen molar-refractivity contribution in [2.45, 2.75) is 33.1 Å². The molecule has 29 heavy (non-hydrogen) atoms. The Kier molecular flexibility index (Phi) is 5.47. The summed E-state index contributed by atoms with van der Waals surface area (Å²) in [6, 6.07) is 10.3. The molecule has 0 radical (unpaired) electrons. The van der Waals surface area contributed by atoms with Gasteiger partial charge in [0.15, 0.2) is 5.65 Å². The molecule has 7 heteroatoms. The summed E-state index contributed by atoms with van der Waals surface area (Å²) in [6.07, 6.45) is 2.60. The van der Waals surface area contributed by atoms with Crippen LogP contribution in [0.4, 0.5) is 10.2 Å². The number of piperidine rings is 1. The van der Waals surface area contributed by atoms with Crippen molar-refractivity contribution in [3.05, 3.63) is 47.9 Å². The number of amides is 1. The molecular weight excluding hydrogens is 369 g/mol. The van der Waals surface area contributed by atoms with Crippen LogP contribution < -0.4 is 10.2 Å². The Morgan fingerprint density at radius 1 is 1.21 bits per heavy atom. The van der Waals surface area contributed by atoms with Crippen LogP contribution in [0.3, 0.4) is 0 Å². The molecule has 0 saturated carbocycles. The van der Waals surface area contributed by atoms with E-state index in [1.165, 1.54) is 12.1 Å². The lowest BCUT2D eigenvalue weighted by molar-refractivity contribution is -0.125. The predicted molar refractivity (Wildman–Crippen MR) is 111 cm³/mol. The van der Waals surface area contributed by atoms with Crippen molar-refractivity contribution < 1.29 is 9.18 Å². The number of anilines is 1. The summed E-state index contributed by atoms with van der Waals surface area (Å²) in [5.41, 5.74) is 3.30. The molecule has 0 aliphatic carbocycles. The highest BCUT2D eigenvalue weighted by Gasteiger charge is 2.26. The van der Waals surface area contributed by atoms with Crippen molar-refractivity contribution in [2.24, 2.45) is 5.92 Å². The Morgan fingerprint density at radius 3 is 2.62 bits per heavy atom. The maximum atomic E-state index is 13.3. The fourth-order valence-corrected chi connectivity index (χ4v) is 3.83. The first-order chi connectivity index (χ1) is 14.0. The second-order valence-electron chi connectivity index (χ2n) is 7.61. The van der Waals surface area contributed by atoms with E-state index in [-0.39, 0.29) is 17.6 Å². The molecule has 1 aliphatic rings. The van der Waals surface area contributed by atoms with Gasteiger partial charge < -0.3 is 10.2 Å². The zero-order chi connectivity index (χ0) is 20.4. The number of nitrogens with one attached hydrogen (secondary N) is 1. The quantitative estimate of drug-likeness (QED) is 0.717. The third-order valence-corrected chi connectivity index (χ3v) is 5.42. The topological polar surface area (TPSA) is 62.5 Å². The van der Waals surface area contributed by atoms with Gasteiger partial charge in [-0.15, -0.1) is 0 Å². The van der Waals surface area contributed by atoms with E-state index in [1.807, 2.05) is 23.6 Å². The van der Waals surface area contributed by atoms with Gasteiger partial charge in [0.05, 0.1) is 5.69 Å². The second kappa shape index (κ2) is 8.19. The molecular formula is C22H26FN5O. The van der Waals surface area contributed by atoms with Gasteiger partial charge in [-0.2, -0.15) is 9.61 Å². The van der Waals surface area contributed by atoms with Crippen LogP contribution in [-0.2, 0) is 4.79 Å². The van der Waals surface area contributed by atoms with Gasteiger partial charge in [-0.3, -0.25) is 4.79 Å². The Balaban J connectivity index is 1.58. The first-order valence-electron chi connectivity index (χ1n) is 10.2. The van der Waals surface area contributed by atoms with Gasteiger partial charge in [-0.25, -0.2) is 9.37 Å². The zero-order valence-electron chi connectivity index (χ0n) is 16.9. The number of rotatable bonds is 5. The lowest BCUT2D eigenvalue weighted by Gasteiger charge is -2.33. The average Bonchev–Trinajstić information content (AvgIpc) is 3.16. The van der Waals surface area contributed by atoms with Crippen molar-refractivity contribution in [2.75, 3.05) is 24.5 Å². The molecule has 152 valence electrons. The van der Waals surface area contributed by atoms with Crippen molar-refractivity contribution >= 4 is 17.4 Å². The minimum atomic E-state index is -0.266. The Hall–Kier alpha value is -2.96. The summed E-state index contributed by atoms with van der Waals surface area (Å²) in [6.45, 7) is 6.37. The fourth-order valence-electron chi connectivity index (χ4n) is 3.83. The largest absolute Gasteiger partial charge is 0.356 e. The lowest BCUT2D eigenvalue weighted by atomic mass is 9.96. The highest BCUT2D eigenvalue weighted by Crippen LogP contribution is 2.27. The van der Waals surface area contributed by atoms with Crippen LogP contribution in [0.25, 0.3) is 16.9 Å². The highest BCUT2D eigenvalue weighted by atomic mass is 19.1. The maximum absolute atomic E-state index is 13.3. The standard InChI is InChI=1S/C22H26FN5O/c1-3-10-24-22(29)17-8-11-27(12-9-17)21-13-15(2)25-20-14-19(26-28(20)21)16-4-6-18(23)7-5-16/h4-7,13-14,17H,3,8-12H2,1-2H3,(H,24,29). The molecule has 1 fully saturated rings. The van der Waals surface area contributed by atoms with Crippen LogP contribution in [0.1, 0.15) is 31.9 Å². The Labute approximate surface area is 169 Å². The number of benzene rings is 1. The maximum Gasteiger partial charge on any atom is 0.223 e. The van der Waals surface area contributed by atoms with E-state index in [9.17, 15) is 9.18 Å². The van der Waals surface area contributed by atoms with E-state index in [0.717, 1.165) is 67.3 Å². The molecule has 1 amide bonds. The number of nitrogens with zero attached hydrogens (tertiary/aromatic N) is 4. The number of aryl methyl sites for hydroxylation is 1. The number of hydrogen-bond acceptors (Lipinski definition) is 4. The normalized spacial score (nSPS) is 15.1. The minimum absolute atomic E-state index is 0.0728. The van der Waals surface area contributed by atoms with Crippen molar-refractivity contribution in [3.8, 4) is 11.3 Å². The molecule has 0 bridgehead atoms. The van der Waals surface area contributed by atoms with Crippen LogP contribution in [0.2, 0.25) is 0 Å². The molecule has 0 spiro atoms. The van der Waals surface area contributed by atoms with Crippen LogP contribution in [-0.4, -0.2) is 40.1 Å². The zero-order valence-corrected chi connectivity index (χ0v) is 16.9. The van der Waals surface area contributed by atoms with E-state index in [1.54, 1.807) is 12.1 Å². The fraction of sp³-hybridized carbons (Fsp3) is 0.409. The first kappa shape index (κ1) is 19.4. The molecule has 1 N–H and O–H groups in total. The minimum Gasteiger partial charge on any atom is -0.356 e. The van der Waals surface area contributed by atoms with Gasteiger partial charge in [0, 0.05) is 48.9 Å². The Morgan fingerprint density at radius 2 is 1.93 bits per heavy atom. The number of hydrogen-bond donors (Lipinski definition) is 1. The van der Waals surface area contributed by atoms with E-state index in [4.69, 9.17) is 5.10 Å². The third-order valence-electron chi connectivity index (χ3n) is 5.42. The number of carbonyl (C=O) groups excluding carboxylic acids is 1. The summed E-state index contributed by atoms with van der Waals surface area (Å²) in [7, 11) is 0. The van der Waals surface area contributed by atoms with Gasteiger partial charge in [0.25, 0.3) is 0 Å². The summed E-state index contributed by atoms with van der Waals surface area (Å²) in [4.78, 5) is 19.1. The smallest absolute Gasteiger partial charge is 0.223 e. The van der Waals surface area contributed by atoms with Gasteiger partial charge in [-0.05, 0) is 50.5 Å². The highest BCUT2D eigenvalue weighted by molar-refractivity contribution is 5.79. The molecule has 1 aromatic carbocycles. The molecule has 0 atom stereocenters. The summed E-state index contributed by atoms with van der Waals surface area (Å²) < 4.78 is 15.1. The Bertz CT molecular complexity index is 1010. The SMILES string of the molecule is CCCNC(=O)C1CCN(c2cc(C)nc3cc(-c4ccc(F)cc4)nn23)CC1. The number of aromatic nitrogens is 3. The number of carbonyl (C=O) groups is 1. The van der Waals surface area contributed by atoms with E-state index < -0.39 is 0 Å². The van der Waals surface area contributed by atoms with Crippen molar-refractivity contribution in [1.82, 2.24) is 19.9 Å². The van der Waals surface area contributed by atoms with Crippen LogP contribution in [0, 0.1) is 18.7 Å². The van der Waals surface area contributed by atoms with Crippen molar-refractivity contribution in [1.29, 1.82) is 0 Å². The van der Waals surface area contributed by atoms with Gasteiger partial charge >= 0.3 is 0 Å². The van der Waals surface area contributed by atoms with Crippen LogP contribution in [0.15, 0.2) is 36.4 Å². The summed E-state index contributed by atoms with van der Waals surface area (Å²) in [5.74, 6) is 0.954. The predicted octanol–water partition coefficient (Wildman–Crippen LogP) is 3.59. The van der Waals surface area contributed by atoms with Crippen LogP contribution >= 0.6 is 0 Å². The molecule has 2 aromatic heterocycles. The molecule has 1 aliphatic heterocycles. The van der Waals surface area contributed by atoms with E-state index in [2.05, 4.69) is 22.1 Å². The molecule has 1 saturated heterocycles. The number of halogens is 1. The van der Waals surface area contributed by atoms with E-state index >= 15 is 0 Å². The van der Waals surface area contributed by atoms with Gasteiger partial charge in [-0.1, -0.05) is 6.92 Å². The second-order valence-corrected chi connectivity index (χ2v) is 7.61.